The topological polar surface area (TPSA) is 73.1 Å². The predicted octanol–water partition coefficient (Wildman–Crippen LogP) is 1.44. The molecule has 0 radical (unpaired) electrons. The van der Waals surface area contributed by atoms with Crippen LogP contribution in [0.3, 0.4) is 0 Å². The van der Waals surface area contributed by atoms with Crippen LogP contribution in [-0.2, 0) is 16.1 Å². The fourth-order valence-electron chi connectivity index (χ4n) is 2.93. The Morgan fingerprint density at radius 3 is 2.96 bits per heavy atom. The second-order valence-corrected chi connectivity index (χ2v) is 5.67. The molecule has 2 heterocycles. The number of likely N-dealkylation sites (tertiary alicyclic amines) is 1. The number of rotatable bonds is 5. The van der Waals surface area contributed by atoms with Crippen LogP contribution in [0.4, 0.5) is 0 Å². The van der Waals surface area contributed by atoms with Crippen molar-refractivity contribution in [1.29, 1.82) is 0 Å². The summed E-state index contributed by atoms with van der Waals surface area (Å²) in [5, 5.41) is 12.0. The highest BCUT2D eigenvalue weighted by Crippen LogP contribution is 2.20. The van der Waals surface area contributed by atoms with Crippen molar-refractivity contribution in [2.24, 2.45) is 5.92 Å². The van der Waals surface area contributed by atoms with Crippen LogP contribution >= 0.6 is 0 Å². The van der Waals surface area contributed by atoms with Gasteiger partial charge in [0.1, 0.15) is 0 Å². The van der Waals surface area contributed by atoms with Crippen molar-refractivity contribution in [3.63, 3.8) is 0 Å². The van der Waals surface area contributed by atoms with Gasteiger partial charge in [0.2, 0.25) is 0 Å². The Labute approximate surface area is 135 Å². The van der Waals surface area contributed by atoms with Crippen LogP contribution < -0.4 is 0 Å². The van der Waals surface area contributed by atoms with Crippen LogP contribution in [0.1, 0.15) is 25.6 Å². The zero-order valence-corrected chi connectivity index (χ0v) is 13.3. The number of para-hydroxylation sites is 1. The van der Waals surface area contributed by atoms with E-state index in [0.717, 1.165) is 30.9 Å². The third-order valence-electron chi connectivity index (χ3n) is 4.03. The summed E-state index contributed by atoms with van der Waals surface area (Å²) >= 11 is 0. The Morgan fingerprint density at radius 2 is 2.17 bits per heavy atom. The normalized spacial score (nSPS) is 18.7. The van der Waals surface area contributed by atoms with Crippen molar-refractivity contribution in [1.82, 2.24) is 25.1 Å². The zero-order chi connectivity index (χ0) is 16.1. The third kappa shape index (κ3) is 3.73. The second-order valence-electron chi connectivity index (χ2n) is 5.67. The van der Waals surface area contributed by atoms with Gasteiger partial charge in [-0.25, -0.2) is 0 Å². The number of carbonyl (C=O) groups is 1. The van der Waals surface area contributed by atoms with E-state index in [0.29, 0.717) is 19.7 Å². The first-order valence-electron chi connectivity index (χ1n) is 7.99. The predicted molar refractivity (Wildman–Crippen MR) is 83.8 cm³/mol. The number of hydrogen-bond acceptors (Lipinski definition) is 6. The highest BCUT2D eigenvalue weighted by molar-refractivity contribution is 5.72. The summed E-state index contributed by atoms with van der Waals surface area (Å²) in [7, 11) is 0. The molecule has 1 fully saturated rings. The monoisotopic (exact) mass is 315 g/mol. The van der Waals surface area contributed by atoms with E-state index in [1.54, 1.807) is 4.68 Å². The molecule has 1 aliphatic rings. The second kappa shape index (κ2) is 7.32. The fourth-order valence-corrected chi connectivity index (χ4v) is 2.93. The van der Waals surface area contributed by atoms with Crippen LogP contribution in [0.15, 0.2) is 30.3 Å². The number of tetrazole rings is 1. The van der Waals surface area contributed by atoms with Gasteiger partial charge in [-0.2, -0.15) is 4.68 Å². The molecule has 0 N–H and O–H groups in total. The van der Waals surface area contributed by atoms with Crippen LogP contribution in [0.2, 0.25) is 0 Å². The van der Waals surface area contributed by atoms with Gasteiger partial charge in [-0.15, -0.1) is 5.10 Å². The quantitative estimate of drug-likeness (QED) is 0.777. The highest BCUT2D eigenvalue weighted by atomic mass is 16.5. The summed E-state index contributed by atoms with van der Waals surface area (Å²) in [5.41, 5.74) is 0.937. The molecule has 0 bridgehead atoms. The Bertz CT molecular complexity index is 643. The Hall–Kier alpha value is -2.28. The lowest BCUT2D eigenvalue weighted by Gasteiger charge is -2.30. The van der Waals surface area contributed by atoms with Crippen molar-refractivity contribution in [2.75, 3.05) is 19.7 Å². The van der Waals surface area contributed by atoms with Crippen LogP contribution in [-0.4, -0.2) is 50.8 Å². The molecular weight excluding hydrogens is 294 g/mol. The number of esters is 1. The van der Waals surface area contributed by atoms with E-state index in [1.807, 2.05) is 37.3 Å². The van der Waals surface area contributed by atoms with Gasteiger partial charge >= 0.3 is 5.97 Å². The molecule has 0 aliphatic carbocycles. The van der Waals surface area contributed by atoms with E-state index in [-0.39, 0.29) is 11.9 Å². The summed E-state index contributed by atoms with van der Waals surface area (Å²) in [6.45, 7) is 4.53. The van der Waals surface area contributed by atoms with Crippen LogP contribution in [0.5, 0.6) is 0 Å². The summed E-state index contributed by atoms with van der Waals surface area (Å²) in [6, 6.07) is 9.81. The Kier molecular flexibility index (Phi) is 4.97. The number of aromatic nitrogens is 4. The Balaban J connectivity index is 1.68. The van der Waals surface area contributed by atoms with Crippen LogP contribution in [0.25, 0.3) is 5.69 Å². The van der Waals surface area contributed by atoms with Gasteiger partial charge in [-0.1, -0.05) is 18.2 Å². The highest BCUT2D eigenvalue weighted by Gasteiger charge is 2.27. The SMILES string of the molecule is CCOC(=O)[C@@H]1CCCN(Cc2nnnn2-c2ccccc2)C1. The summed E-state index contributed by atoms with van der Waals surface area (Å²) < 4.78 is 6.89. The molecule has 1 saturated heterocycles. The third-order valence-corrected chi connectivity index (χ3v) is 4.03. The first-order chi connectivity index (χ1) is 11.3. The lowest BCUT2D eigenvalue weighted by molar-refractivity contribution is -0.150. The molecule has 3 rings (SSSR count). The average molecular weight is 315 g/mol. The van der Waals surface area contributed by atoms with E-state index in [1.165, 1.54) is 0 Å². The first-order valence-corrected chi connectivity index (χ1v) is 7.99. The van der Waals surface area contributed by atoms with Gasteiger partial charge < -0.3 is 4.74 Å². The van der Waals surface area contributed by atoms with Crippen molar-refractivity contribution >= 4 is 5.97 Å². The molecule has 7 heteroatoms. The Morgan fingerprint density at radius 1 is 1.35 bits per heavy atom. The van der Waals surface area contributed by atoms with Gasteiger partial charge in [-0.3, -0.25) is 9.69 Å². The largest absolute Gasteiger partial charge is 0.466 e. The number of piperidine rings is 1. The number of hydrogen-bond donors (Lipinski definition) is 0. The average Bonchev–Trinajstić information content (AvgIpc) is 3.04. The maximum absolute atomic E-state index is 11.9. The zero-order valence-electron chi connectivity index (χ0n) is 13.3. The lowest BCUT2D eigenvalue weighted by Crippen LogP contribution is -2.39. The van der Waals surface area contributed by atoms with E-state index in [4.69, 9.17) is 4.74 Å². The molecule has 1 aliphatic heterocycles. The van der Waals surface area contributed by atoms with Crippen LogP contribution in [0, 0.1) is 5.92 Å². The van der Waals surface area contributed by atoms with Gasteiger partial charge in [0.25, 0.3) is 0 Å². The smallest absolute Gasteiger partial charge is 0.310 e. The molecule has 1 aromatic carbocycles. The van der Waals surface area contributed by atoms with Gasteiger partial charge in [-0.05, 0) is 48.9 Å². The minimum Gasteiger partial charge on any atom is -0.466 e. The van der Waals surface area contributed by atoms with Crippen molar-refractivity contribution < 1.29 is 9.53 Å². The molecule has 0 unspecified atom stereocenters. The molecule has 0 spiro atoms. The molecule has 0 saturated carbocycles. The standard InChI is InChI=1S/C16H21N5O2/c1-2-23-16(22)13-7-6-10-20(11-13)12-15-17-18-19-21(15)14-8-4-3-5-9-14/h3-5,8-9,13H,2,6-7,10-12H2,1H3/t13-/m1/s1. The van der Waals surface area contributed by atoms with E-state index >= 15 is 0 Å². The van der Waals surface area contributed by atoms with E-state index < -0.39 is 0 Å². The number of ether oxygens (including phenoxy) is 1. The number of nitrogens with zero attached hydrogens (tertiary/aromatic N) is 5. The van der Waals surface area contributed by atoms with E-state index in [2.05, 4.69) is 20.4 Å². The lowest BCUT2D eigenvalue weighted by atomic mass is 9.98. The fraction of sp³-hybridized carbons (Fsp3) is 0.500. The molecule has 2 aromatic rings. The molecule has 122 valence electrons. The molecular formula is C16H21N5O2. The summed E-state index contributed by atoms with van der Waals surface area (Å²) in [5.74, 6) is 0.630. The van der Waals surface area contributed by atoms with E-state index in [9.17, 15) is 4.79 Å². The molecule has 1 atom stereocenters. The minimum atomic E-state index is -0.0974. The van der Waals surface area contributed by atoms with Crippen molar-refractivity contribution in [3.8, 4) is 5.69 Å². The van der Waals surface area contributed by atoms with Crippen molar-refractivity contribution in [3.05, 3.63) is 36.2 Å². The molecule has 1 aromatic heterocycles. The molecule has 7 nitrogen and oxygen atoms in total. The number of carbonyl (C=O) groups excluding carboxylic acids is 1. The van der Waals surface area contributed by atoms with Gasteiger partial charge in [0, 0.05) is 6.54 Å². The van der Waals surface area contributed by atoms with Gasteiger partial charge in [0.15, 0.2) is 5.82 Å². The summed E-state index contributed by atoms with van der Waals surface area (Å²) in [4.78, 5) is 14.2. The van der Waals surface area contributed by atoms with Crippen molar-refractivity contribution in [2.45, 2.75) is 26.3 Å². The van der Waals surface area contributed by atoms with Gasteiger partial charge in [0.05, 0.1) is 24.8 Å². The molecule has 0 amide bonds. The maximum atomic E-state index is 11.9. The minimum absolute atomic E-state index is 0.0512. The first kappa shape index (κ1) is 15.6. The molecule has 23 heavy (non-hydrogen) atoms. The number of benzene rings is 1. The maximum Gasteiger partial charge on any atom is 0.310 e. The summed E-state index contributed by atoms with van der Waals surface area (Å²) in [6.07, 6.45) is 1.87.